The molecule has 2 aliphatic heterocycles. The van der Waals surface area contributed by atoms with Gasteiger partial charge in [-0.05, 0) is 18.2 Å². The molecule has 10 nitrogen and oxygen atoms in total. The summed E-state index contributed by atoms with van der Waals surface area (Å²) in [5.41, 5.74) is 0.616. The highest BCUT2D eigenvalue weighted by Crippen LogP contribution is 2.38. The fourth-order valence-corrected chi connectivity index (χ4v) is 4.20. The number of benzene rings is 2. The molecule has 2 saturated heterocycles. The molecule has 0 aliphatic carbocycles. The number of fused-ring (bicyclic) bond motifs is 2. The number of aromatic nitrogens is 2. The van der Waals surface area contributed by atoms with E-state index in [9.17, 15) is 14.5 Å². The largest absolute Gasteiger partial charge is 0.478 e. The Hall–Kier alpha value is -3.12. The Kier molecular flexibility index (Phi) is 5.71. The topological polar surface area (TPSA) is 118 Å². The lowest BCUT2D eigenvalue weighted by Crippen LogP contribution is -2.35. The number of rotatable bonds is 6. The molecule has 2 aromatic carbocycles. The van der Waals surface area contributed by atoms with Gasteiger partial charge in [0, 0.05) is 24.9 Å². The van der Waals surface area contributed by atoms with Crippen LogP contribution in [0, 0.1) is 15.9 Å². The standard InChI is InChI=1S/C21H18ClFN4O6/c1-30-17-7-31-20-18(8-32-19(17)20)33-16-6-14-11(5-15(16)27(28)29)21(25-9-24-14)26-10-2-3-13(23)12(22)4-10/h2-6,9,17-20H,7-8H2,1H3,(H,24,25,26)/t17-,18+,19+,20+/m1/s1. The van der Waals surface area contributed by atoms with Crippen molar-refractivity contribution in [3.63, 3.8) is 0 Å². The summed E-state index contributed by atoms with van der Waals surface area (Å²) in [4.78, 5) is 19.7. The number of ether oxygens (including phenoxy) is 4. The van der Waals surface area contributed by atoms with Crippen LogP contribution in [0.1, 0.15) is 0 Å². The van der Waals surface area contributed by atoms with Gasteiger partial charge < -0.3 is 24.3 Å². The van der Waals surface area contributed by atoms with Crippen molar-refractivity contribution in [2.75, 3.05) is 25.6 Å². The molecule has 1 N–H and O–H groups in total. The smallest absolute Gasteiger partial charge is 0.311 e. The van der Waals surface area contributed by atoms with Crippen molar-refractivity contribution in [3.8, 4) is 5.75 Å². The molecule has 0 amide bonds. The highest BCUT2D eigenvalue weighted by atomic mass is 35.5. The Labute approximate surface area is 191 Å². The first-order valence-electron chi connectivity index (χ1n) is 10.0. The first-order valence-corrected chi connectivity index (χ1v) is 10.4. The van der Waals surface area contributed by atoms with E-state index < -0.39 is 22.9 Å². The zero-order chi connectivity index (χ0) is 23.1. The highest BCUT2D eigenvalue weighted by Gasteiger charge is 2.49. The minimum atomic E-state index is -0.562. The van der Waals surface area contributed by atoms with Crippen molar-refractivity contribution in [1.82, 2.24) is 9.97 Å². The summed E-state index contributed by atoms with van der Waals surface area (Å²) in [7, 11) is 1.58. The molecule has 5 rings (SSSR count). The van der Waals surface area contributed by atoms with Crippen LogP contribution in [0.5, 0.6) is 5.75 Å². The maximum Gasteiger partial charge on any atom is 0.311 e. The van der Waals surface area contributed by atoms with Gasteiger partial charge >= 0.3 is 5.69 Å². The quantitative estimate of drug-likeness (QED) is 0.420. The minimum Gasteiger partial charge on any atom is -0.478 e. The molecule has 33 heavy (non-hydrogen) atoms. The van der Waals surface area contributed by atoms with Gasteiger partial charge in [-0.3, -0.25) is 10.1 Å². The summed E-state index contributed by atoms with van der Waals surface area (Å²) in [6, 6.07) is 6.89. The second kappa shape index (κ2) is 8.67. The first-order chi connectivity index (χ1) is 15.9. The van der Waals surface area contributed by atoms with Crippen LogP contribution in [0.3, 0.4) is 0 Å². The van der Waals surface area contributed by atoms with Gasteiger partial charge in [0.15, 0.2) is 11.9 Å². The van der Waals surface area contributed by atoms with Crippen LogP contribution in [0.15, 0.2) is 36.7 Å². The van der Waals surface area contributed by atoms with Crippen molar-refractivity contribution >= 4 is 39.7 Å². The van der Waals surface area contributed by atoms with Crippen LogP contribution in [0.25, 0.3) is 10.9 Å². The second-order valence-corrected chi connectivity index (χ2v) is 8.00. The molecular formula is C21H18ClFN4O6. The number of hydrogen-bond acceptors (Lipinski definition) is 9. The summed E-state index contributed by atoms with van der Waals surface area (Å²) in [5, 5.41) is 15.2. The number of anilines is 2. The molecule has 3 heterocycles. The number of halogens is 2. The molecule has 4 atom stereocenters. The Morgan fingerprint density at radius 1 is 1.18 bits per heavy atom. The SMILES string of the molecule is CO[C@@H]1CO[C@@H]2[C@H]1OC[C@@H]2Oc1cc2ncnc(Nc3ccc(F)c(Cl)c3)c2cc1[N+](=O)[O-]. The molecule has 0 unspecified atom stereocenters. The lowest BCUT2D eigenvalue weighted by atomic mass is 10.1. The highest BCUT2D eigenvalue weighted by molar-refractivity contribution is 6.31. The summed E-state index contributed by atoms with van der Waals surface area (Å²) in [6.45, 7) is 0.577. The number of methoxy groups -OCH3 is 1. The van der Waals surface area contributed by atoms with Crippen LogP contribution in [-0.4, -0.2) is 59.6 Å². The van der Waals surface area contributed by atoms with E-state index in [1.165, 1.54) is 36.7 Å². The van der Waals surface area contributed by atoms with Gasteiger partial charge in [0.1, 0.15) is 36.3 Å². The molecule has 12 heteroatoms. The fourth-order valence-electron chi connectivity index (χ4n) is 4.02. The maximum atomic E-state index is 13.5. The Morgan fingerprint density at radius 3 is 2.67 bits per heavy atom. The normalized spacial score (nSPS) is 24.1. The second-order valence-electron chi connectivity index (χ2n) is 7.60. The molecule has 0 saturated carbocycles. The molecule has 3 aromatic rings. The number of nitrogens with zero attached hydrogens (tertiary/aromatic N) is 3. The van der Waals surface area contributed by atoms with Gasteiger partial charge in [0.2, 0.25) is 0 Å². The predicted octanol–water partition coefficient (Wildman–Crippen LogP) is 3.63. The van der Waals surface area contributed by atoms with Crippen molar-refractivity contribution in [2.45, 2.75) is 24.4 Å². The van der Waals surface area contributed by atoms with Gasteiger partial charge in [0.05, 0.1) is 34.1 Å². The van der Waals surface area contributed by atoms with E-state index >= 15 is 0 Å². The zero-order valence-electron chi connectivity index (χ0n) is 17.2. The third-order valence-electron chi connectivity index (χ3n) is 5.64. The van der Waals surface area contributed by atoms with Crippen LogP contribution in [-0.2, 0) is 14.2 Å². The van der Waals surface area contributed by atoms with Gasteiger partial charge in [-0.25, -0.2) is 14.4 Å². The number of nitrogens with one attached hydrogen (secondary N) is 1. The zero-order valence-corrected chi connectivity index (χ0v) is 18.0. The third kappa shape index (κ3) is 4.04. The number of nitro groups is 1. The average molecular weight is 477 g/mol. The van der Waals surface area contributed by atoms with E-state index in [1.807, 2.05) is 0 Å². The summed E-state index contributed by atoms with van der Waals surface area (Å²) in [6.07, 6.45) is -0.122. The van der Waals surface area contributed by atoms with Crippen LogP contribution in [0.2, 0.25) is 5.02 Å². The molecule has 1 aromatic heterocycles. The van der Waals surface area contributed by atoms with E-state index in [0.29, 0.717) is 29.0 Å². The molecule has 2 fully saturated rings. The van der Waals surface area contributed by atoms with E-state index in [-0.39, 0.29) is 35.3 Å². The third-order valence-corrected chi connectivity index (χ3v) is 5.93. The number of hydrogen-bond donors (Lipinski definition) is 1. The molecular weight excluding hydrogens is 459 g/mol. The lowest BCUT2D eigenvalue weighted by molar-refractivity contribution is -0.386. The number of nitro benzene ring substituents is 1. The van der Waals surface area contributed by atoms with Crippen molar-refractivity contribution < 1.29 is 28.3 Å². The van der Waals surface area contributed by atoms with Crippen molar-refractivity contribution in [3.05, 3.63) is 57.6 Å². The predicted molar refractivity (Wildman–Crippen MR) is 116 cm³/mol. The van der Waals surface area contributed by atoms with E-state index in [1.54, 1.807) is 7.11 Å². The summed E-state index contributed by atoms with van der Waals surface area (Å²) in [5.74, 6) is -0.224. The summed E-state index contributed by atoms with van der Waals surface area (Å²) < 4.78 is 36.3. The lowest BCUT2D eigenvalue weighted by Gasteiger charge is -2.18. The maximum absolute atomic E-state index is 13.5. The van der Waals surface area contributed by atoms with E-state index in [4.69, 9.17) is 30.5 Å². The molecule has 0 radical (unpaired) electrons. The van der Waals surface area contributed by atoms with Gasteiger partial charge in [-0.15, -0.1) is 0 Å². The van der Waals surface area contributed by atoms with Crippen LogP contribution < -0.4 is 10.1 Å². The Balaban J connectivity index is 1.47. The Bertz CT molecular complexity index is 1230. The van der Waals surface area contributed by atoms with Gasteiger partial charge in [0.25, 0.3) is 0 Å². The Morgan fingerprint density at radius 2 is 1.94 bits per heavy atom. The van der Waals surface area contributed by atoms with Crippen molar-refractivity contribution in [1.29, 1.82) is 0 Å². The monoisotopic (exact) mass is 476 g/mol. The fraction of sp³-hybridized carbons (Fsp3) is 0.333. The molecule has 172 valence electrons. The summed E-state index contributed by atoms with van der Waals surface area (Å²) >= 11 is 5.84. The van der Waals surface area contributed by atoms with Crippen LogP contribution in [0.4, 0.5) is 21.6 Å². The molecule has 0 spiro atoms. The molecule has 2 aliphatic rings. The van der Waals surface area contributed by atoms with Crippen molar-refractivity contribution in [2.24, 2.45) is 0 Å². The molecule has 0 bridgehead atoms. The van der Waals surface area contributed by atoms with E-state index in [0.717, 1.165) is 0 Å². The van der Waals surface area contributed by atoms with Gasteiger partial charge in [-0.2, -0.15) is 0 Å². The van der Waals surface area contributed by atoms with Gasteiger partial charge in [-0.1, -0.05) is 11.6 Å². The first kappa shape index (κ1) is 21.7. The van der Waals surface area contributed by atoms with Crippen LogP contribution >= 0.6 is 11.6 Å². The minimum absolute atomic E-state index is 0.0423. The average Bonchev–Trinajstić information content (AvgIpc) is 3.38. The van der Waals surface area contributed by atoms with E-state index in [2.05, 4.69) is 15.3 Å².